The van der Waals surface area contributed by atoms with Gasteiger partial charge in [-0.2, -0.15) is 4.31 Å². The van der Waals surface area contributed by atoms with Crippen molar-refractivity contribution in [2.45, 2.75) is 75.1 Å². The summed E-state index contributed by atoms with van der Waals surface area (Å²) in [4.78, 5) is 15.4. The van der Waals surface area contributed by atoms with Crippen LogP contribution in [0.25, 0.3) is 0 Å². The van der Waals surface area contributed by atoms with Crippen LogP contribution in [0.2, 0.25) is 0 Å². The third-order valence-electron chi connectivity index (χ3n) is 6.54. The number of hydrogen-bond donors (Lipinski definition) is 1. The summed E-state index contributed by atoms with van der Waals surface area (Å²) in [5.41, 5.74) is 1.20. The van der Waals surface area contributed by atoms with E-state index in [9.17, 15) is 13.2 Å². The van der Waals surface area contributed by atoms with Crippen LogP contribution in [0.15, 0.2) is 23.1 Å². The largest absolute Gasteiger partial charge is 0.370 e. The maximum absolute atomic E-state index is 13.4. The van der Waals surface area contributed by atoms with Crippen LogP contribution in [-0.4, -0.2) is 50.9 Å². The van der Waals surface area contributed by atoms with Crippen molar-refractivity contribution in [1.29, 1.82) is 0 Å². The summed E-state index contributed by atoms with van der Waals surface area (Å²) in [7, 11) is -3.59. The fourth-order valence-corrected chi connectivity index (χ4v) is 6.60. The molecule has 0 atom stereocenters. The first kappa shape index (κ1) is 20.7. The molecule has 2 saturated heterocycles. The van der Waals surface area contributed by atoms with Crippen LogP contribution in [0.1, 0.15) is 74.6 Å². The van der Waals surface area contributed by atoms with Crippen LogP contribution in [0.5, 0.6) is 0 Å². The van der Waals surface area contributed by atoms with Crippen molar-refractivity contribution < 1.29 is 13.2 Å². The number of carbonyl (C=O) groups excluding carboxylic acids is 1. The first-order valence-corrected chi connectivity index (χ1v) is 12.7. The molecule has 1 amide bonds. The van der Waals surface area contributed by atoms with Crippen molar-refractivity contribution in [2.75, 3.05) is 31.1 Å². The molecule has 3 aliphatic rings. The Hall–Kier alpha value is -1.60. The van der Waals surface area contributed by atoms with E-state index >= 15 is 0 Å². The minimum Gasteiger partial charge on any atom is -0.370 e. The number of benzene rings is 1. The third-order valence-corrected chi connectivity index (χ3v) is 8.47. The summed E-state index contributed by atoms with van der Waals surface area (Å²) >= 11 is 0. The third kappa shape index (κ3) is 4.61. The maximum Gasteiger partial charge on any atom is 0.251 e. The average Bonchev–Trinajstić information content (AvgIpc) is 3.40. The molecule has 1 aromatic carbocycles. The fourth-order valence-electron chi connectivity index (χ4n) is 4.84. The molecule has 29 heavy (non-hydrogen) atoms. The molecule has 160 valence electrons. The van der Waals surface area contributed by atoms with Crippen LogP contribution in [0.3, 0.4) is 0 Å². The molecule has 2 heterocycles. The molecule has 1 saturated carbocycles. The van der Waals surface area contributed by atoms with Gasteiger partial charge in [-0.15, -0.1) is 0 Å². The number of nitrogens with one attached hydrogen (secondary N) is 1. The van der Waals surface area contributed by atoms with E-state index in [1.54, 1.807) is 16.4 Å². The maximum atomic E-state index is 13.4. The van der Waals surface area contributed by atoms with Gasteiger partial charge in [0.05, 0.1) is 5.69 Å². The number of rotatable bonds is 5. The van der Waals surface area contributed by atoms with Crippen LogP contribution in [-0.2, 0) is 10.0 Å². The lowest BCUT2D eigenvalue weighted by molar-refractivity contribution is 0.0933. The Morgan fingerprint density at radius 3 is 2.14 bits per heavy atom. The van der Waals surface area contributed by atoms with E-state index in [-0.39, 0.29) is 11.9 Å². The molecule has 0 spiro atoms. The summed E-state index contributed by atoms with van der Waals surface area (Å²) in [6.07, 6.45) is 10.7. The van der Waals surface area contributed by atoms with Crippen molar-refractivity contribution in [1.82, 2.24) is 9.62 Å². The lowest BCUT2D eigenvalue weighted by Gasteiger charge is -2.25. The highest BCUT2D eigenvalue weighted by Crippen LogP contribution is 2.33. The SMILES string of the molecule is O=C(NC1CCCCCC1)c1ccc(N2CCCC2)c(S(=O)(=O)N2CCCC2)c1. The van der Waals surface area contributed by atoms with Gasteiger partial charge in [0, 0.05) is 37.8 Å². The van der Waals surface area contributed by atoms with Crippen LogP contribution < -0.4 is 10.2 Å². The van der Waals surface area contributed by atoms with Crippen molar-refractivity contribution in [3.8, 4) is 0 Å². The second-order valence-electron chi connectivity index (χ2n) is 8.65. The second kappa shape index (κ2) is 9.04. The highest BCUT2D eigenvalue weighted by molar-refractivity contribution is 7.89. The zero-order valence-electron chi connectivity index (χ0n) is 17.2. The molecule has 0 bridgehead atoms. The van der Waals surface area contributed by atoms with Crippen molar-refractivity contribution >= 4 is 21.6 Å². The molecule has 0 aromatic heterocycles. The Labute approximate surface area is 174 Å². The summed E-state index contributed by atoms with van der Waals surface area (Å²) in [5.74, 6) is -0.150. The molecule has 3 fully saturated rings. The predicted molar refractivity (Wildman–Crippen MR) is 115 cm³/mol. The summed E-state index contributed by atoms with van der Waals surface area (Å²) in [5, 5.41) is 3.15. The van der Waals surface area contributed by atoms with E-state index in [0.29, 0.717) is 23.5 Å². The quantitative estimate of drug-likeness (QED) is 0.742. The Kier molecular flexibility index (Phi) is 6.44. The van der Waals surface area contributed by atoms with Crippen molar-refractivity contribution in [2.24, 2.45) is 0 Å². The predicted octanol–water partition coefficient (Wildman–Crippen LogP) is 3.52. The smallest absolute Gasteiger partial charge is 0.251 e. The van der Waals surface area contributed by atoms with Gasteiger partial charge in [-0.05, 0) is 56.7 Å². The molecule has 2 aliphatic heterocycles. The van der Waals surface area contributed by atoms with Crippen molar-refractivity contribution in [3.63, 3.8) is 0 Å². The topological polar surface area (TPSA) is 69.7 Å². The van der Waals surface area contributed by atoms with Crippen LogP contribution in [0.4, 0.5) is 5.69 Å². The zero-order chi connectivity index (χ0) is 20.3. The lowest BCUT2D eigenvalue weighted by atomic mass is 10.1. The number of hydrogen-bond acceptors (Lipinski definition) is 4. The fraction of sp³-hybridized carbons (Fsp3) is 0.682. The molecule has 1 aliphatic carbocycles. The van der Waals surface area contributed by atoms with Gasteiger partial charge in [0.2, 0.25) is 10.0 Å². The first-order valence-electron chi connectivity index (χ1n) is 11.3. The normalized spacial score (nSPS) is 22.0. The minimum absolute atomic E-state index is 0.150. The molecular weight excluding hydrogens is 386 g/mol. The molecule has 1 aromatic rings. The molecule has 7 heteroatoms. The summed E-state index contributed by atoms with van der Waals surface area (Å²) in [6, 6.07) is 5.45. The zero-order valence-corrected chi connectivity index (χ0v) is 18.1. The van der Waals surface area contributed by atoms with Gasteiger partial charge in [0.1, 0.15) is 4.90 Å². The summed E-state index contributed by atoms with van der Waals surface area (Å²) in [6.45, 7) is 2.88. The highest BCUT2D eigenvalue weighted by atomic mass is 32.2. The van der Waals surface area contributed by atoms with Crippen LogP contribution in [0, 0.1) is 0 Å². The molecule has 6 nitrogen and oxygen atoms in total. The molecule has 4 rings (SSSR count). The Bertz CT molecular complexity index is 820. The highest BCUT2D eigenvalue weighted by Gasteiger charge is 2.32. The van der Waals surface area contributed by atoms with E-state index in [0.717, 1.165) is 70.1 Å². The van der Waals surface area contributed by atoms with Gasteiger partial charge in [-0.1, -0.05) is 25.7 Å². The molecule has 0 radical (unpaired) electrons. The van der Waals surface area contributed by atoms with E-state index in [2.05, 4.69) is 10.2 Å². The monoisotopic (exact) mass is 419 g/mol. The van der Waals surface area contributed by atoms with E-state index < -0.39 is 10.0 Å². The van der Waals surface area contributed by atoms with Gasteiger partial charge in [0.15, 0.2) is 0 Å². The van der Waals surface area contributed by atoms with Gasteiger partial charge < -0.3 is 10.2 Å². The number of amides is 1. The Morgan fingerprint density at radius 2 is 1.48 bits per heavy atom. The second-order valence-corrected chi connectivity index (χ2v) is 10.6. The van der Waals surface area contributed by atoms with E-state index in [1.165, 1.54) is 12.8 Å². The molecule has 0 unspecified atom stereocenters. The number of anilines is 1. The average molecular weight is 420 g/mol. The van der Waals surface area contributed by atoms with Gasteiger partial charge >= 0.3 is 0 Å². The first-order chi connectivity index (χ1) is 14.1. The minimum atomic E-state index is -3.59. The van der Waals surface area contributed by atoms with E-state index in [4.69, 9.17) is 0 Å². The van der Waals surface area contributed by atoms with Crippen LogP contribution >= 0.6 is 0 Å². The molecule has 1 N–H and O–H groups in total. The van der Waals surface area contributed by atoms with E-state index in [1.807, 2.05) is 6.07 Å². The van der Waals surface area contributed by atoms with Gasteiger partial charge in [0.25, 0.3) is 5.91 Å². The Morgan fingerprint density at radius 1 is 0.862 bits per heavy atom. The standard InChI is InChI=1S/C22H33N3O3S/c26-22(23-19-9-3-1-2-4-10-19)18-11-12-20(24-13-5-6-14-24)21(17-18)29(27,28)25-15-7-8-16-25/h11-12,17,19H,1-10,13-16H2,(H,23,26). The van der Waals surface area contributed by atoms with Gasteiger partial charge in [-0.25, -0.2) is 8.42 Å². The van der Waals surface area contributed by atoms with Gasteiger partial charge in [-0.3, -0.25) is 4.79 Å². The van der Waals surface area contributed by atoms with Crippen molar-refractivity contribution in [3.05, 3.63) is 23.8 Å². The number of nitrogens with zero attached hydrogens (tertiary/aromatic N) is 2. The summed E-state index contributed by atoms with van der Waals surface area (Å²) < 4.78 is 28.4. The Balaban J connectivity index is 1.62. The number of carbonyl (C=O) groups is 1. The number of sulfonamides is 1. The molecular formula is C22H33N3O3S. The lowest BCUT2D eigenvalue weighted by Crippen LogP contribution is -2.35.